The predicted octanol–water partition coefficient (Wildman–Crippen LogP) is 3.81. The highest BCUT2D eigenvalue weighted by Gasteiger charge is 2.31. The molecule has 2 N–H and O–H groups in total. The van der Waals surface area contributed by atoms with Gasteiger partial charge in [-0.05, 0) is 32.9 Å². The summed E-state index contributed by atoms with van der Waals surface area (Å²) in [6.45, 7) is 6.79. The van der Waals surface area contributed by atoms with E-state index in [1.807, 2.05) is 57.2 Å². The zero-order valence-electron chi connectivity index (χ0n) is 14.4. The number of fused-ring (bicyclic) bond motifs is 1. The van der Waals surface area contributed by atoms with Gasteiger partial charge in [0.25, 0.3) is 0 Å². The Labute approximate surface area is 142 Å². The maximum atomic E-state index is 12.1. The van der Waals surface area contributed by atoms with Crippen LogP contribution in [0.5, 0.6) is 5.75 Å². The zero-order valence-corrected chi connectivity index (χ0v) is 14.4. The Morgan fingerprint density at radius 3 is 2.58 bits per heavy atom. The maximum absolute atomic E-state index is 12.1. The van der Waals surface area contributed by atoms with E-state index in [1.54, 1.807) is 4.90 Å². The third kappa shape index (κ3) is 3.55. The lowest BCUT2D eigenvalue weighted by Crippen LogP contribution is -2.36. The Morgan fingerprint density at radius 2 is 1.88 bits per heavy atom. The van der Waals surface area contributed by atoms with E-state index in [9.17, 15) is 4.79 Å². The summed E-state index contributed by atoms with van der Waals surface area (Å²) >= 11 is 0. The SMILES string of the molecule is CC(C)(C)OC(=O)N1CC[C@@H](Oc2ccc(N)c3ccccc23)C1. The molecule has 5 heteroatoms. The van der Waals surface area contributed by atoms with Crippen molar-refractivity contribution in [1.82, 2.24) is 4.90 Å². The van der Waals surface area contributed by atoms with Crippen LogP contribution in [0.2, 0.25) is 0 Å². The van der Waals surface area contributed by atoms with Crippen LogP contribution in [0.25, 0.3) is 10.8 Å². The van der Waals surface area contributed by atoms with Crippen molar-refractivity contribution >= 4 is 22.6 Å². The third-order valence-electron chi connectivity index (χ3n) is 4.01. The summed E-state index contributed by atoms with van der Waals surface area (Å²) in [4.78, 5) is 13.9. The van der Waals surface area contributed by atoms with Crippen LogP contribution in [0.15, 0.2) is 36.4 Å². The maximum Gasteiger partial charge on any atom is 0.410 e. The van der Waals surface area contributed by atoms with Gasteiger partial charge in [0.1, 0.15) is 17.5 Å². The fraction of sp³-hybridized carbons (Fsp3) is 0.421. The van der Waals surface area contributed by atoms with Crippen LogP contribution in [-0.2, 0) is 4.74 Å². The van der Waals surface area contributed by atoms with Gasteiger partial charge in [0, 0.05) is 29.4 Å². The van der Waals surface area contributed by atoms with Crippen LogP contribution in [-0.4, -0.2) is 35.8 Å². The molecule has 2 aromatic carbocycles. The third-order valence-corrected chi connectivity index (χ3v) is 4.01. The number of carbonyl (C=O) groups is 1. The summed E-state index contributed by atoms with van der Waals surface area (Å²) in [6, 6.07) is 11.7. The topological polar surface area (TPSA) is 64.8 Å². The number of amides is 1. The van der Waals surface area contributed by atoms with Crippen LogP contribution >= 0.6 is 0 Å². The molecule has 128 valence electrons. The van der Waals surface area contributed by atoms with Crippen molar-refractivity contribution in [2.24, 2.45) is 0 Å². The number of nitrogens with zero attached hydrogens (tertiary/aromatic N) is 1. The summed E-state index contributed by atoms with van der Waals surface area (Å²) in [5.74, 6) is 0.802. The van der Waals surface area contributed by atoms with Gasteiger partial charge >= 0.3 is 6.09 Å². The lowest BCUT2D eigenvalue weighted by molar-refractivity contribution is 0.0276. The zero-order chi connectivity index (χ0) is 17.3. The van der Waals surface area contributed by atoms with E-state index in [0.717, 1.165) is 28.6 Å². The number of rotatable bonds is 2. The second-order valence-electron chi connectivity index (χ2n) is 7.15. The molecule has 0 spiro atoms. The standard InChI is InChI=1S/C19H24N2O3/c1-19(2,3)24-18(22)21-11-10-13(12-21)23-17-9-8-16(20)14-6-4-5-7-15(14)17/h4-9,13H,10-12,20H2,1-3H3/t13-/m1/s1. The Bertz CT molecular complexity index is 752. The molecular formula is C19H24N2O3. The van der Waals surface area contributed by atoms with Crippen LogP contribution < -0.4 is 10.5 Å². The fourth-order valence-electron chi connectivity index (χ4n) is 2.89. The summed E-state index contributed by atoms with van der Waals surface area (Å²) in [6.07, 6.45) is 0.470. The minimum atomic E-state index is -0.483. The first kappa shape index (κ1) is 16.4. The van der Waals surface area contributed by atoms with Gasteiger partial charge < -0.3 is 20.1 Å². The highest BCUT2D eigenvalue weighted by Crippen LogP contribution is 2.31. The van der Waals surface area contributed by atoms with E-state index in [0.29, 0.717) is 13.1 Å². The molecule has 1 saturated heterocycles. The highest BCUT2D eigenvalue weighted by atomic mass is 16.6. The summed E-state index contributed by atoms with van der Waals surface area (Å²) in [5.41, 5.74) is 6.28. The minimum Gasteiger partial charge on any atom is -0.488 e. The van der Waals surface area contributed by atoms with E-state index in [2.05, 4.69) is 0 Å². The van der Waals surface area contributed by atoms with Gasteiger partial charge in [-0.15, -0.1) is 0 Å². The Kier molecular flexibility index (Phi) is 4.26. The van der Waals surface area contributed by atoms with Crippen LogP contribution in [0.3, 0.4) is 0 Å². The van der Waals surface area contributed by atoms with Gasteiger partial charge in [0.2, 0.25) is 0 Å². The number of likely N-dealkylation sites (tertiary alicyclic amines) is 1. The second kappa shape index (κ2) is 6.23. The molecule has 0 radical (unpaired) electrons. The molecule has 0 aromatic heterocycles. The van der Waals surface area contributed by atoms with Crippen molar-refractivity contribution < 1.29 is 14.3 Å². The van der Waals surface area contributed by atoms with Crippen LogP contribution in [0.1, 0.15) is 27.2 Å². The minimum absolute atomic E-state index is 0.0375. The monoisotopic (exact) mass is 328 g/mol. The van der Waals surface area contributed by atoms with Gasteiger partial charge in [-0.25, -0.2) is 4.79 Å². The van der Waals surface area contributed by atoms with Gasteiger partial charge in [0.15, 0.2) is 0 Å². The van der Waals surface area contributed by atoms with Gasteiger partial charge in [-0.1, -0.05) is 24.3 Å². The summed E-state index contributed by atoms with van der Waals surface area (Å²) in [5, 5.41) is 1.98. The molecule has 1 fully saturated rings. The molecular weight excluding hydrogens is 304 g/mol. The first-order valence-corrected chi connectivity index (χ1v) is 8.25. The first-order valence-electron chi connectivity index (χ1n) is 8.25. The lowest BCUT2D eigenvalue weighted by Gasteiger charge is -2.24. The van der Waals surface area contributed by atoms with Crippen molar-refractivity contribution in [3.63, 3.8) is 0 Å². The molecule has 5 nitrogen and oxygen atoms in total. The molecule has 1 aliphatic rings. The van der Waals surface area contributed by atoms with Gasteiger partial charge in [0.05, 0.1) is 6.54 Å². The Balaban J connectivity index is 1.70. The number of hydrogen-bond donors (Lipinski definition) is 1. The van der Waals surface area contributed by atoms with Gasteiger partial charge in [-0.2, -0.15) is 0 Å². The molecule has 0 unspecified atom stereocenters. The van der Waals surface area contributed by atoms with Crippen LogP contribution in [0, 0.1) is 0 Å². The Hall–Kier alpha value is -2.43. The lowest BCUT2D eigenvalue weighted by atomic mass is 10.1. The quantitative estimate of drug-likeness (QED) is 0.851. The van der Waals surface area contributed by atoms with Gasteiger partial charge in [-0.3, -0.25) is 0 Å². The molecule has 1 amide bonds. The van der Waals surface area contributed by atoms with Crippen molar-refractivity contribution in [3.05, 3.63) is 36.4 Å². The molecule has 2 aromatic rings. The second-order valence-corrected chi connectivity index (χ2v) is 7.15. The number of hydrogen-bond acceptors (Lipinski definition) is 4. The molecule has 3 rings (SSSR count). The molecule has 1 heterocycles. The number of ether oxygens (including phenoxy) is 2. The van der Waals surface area contributed by atoms with Crippen molar-refractivity contribution in [1.29, 1.82) is 0 Å². The molecule has 0 bridgehead atoms. The smallest absolute Gasteiger partial charge is 0.410 e. The van der Waals surface area contributed by atoms with E-state index in [4.69, 9.17) is 15.2 Å². The van der Waals surface area contributed by atoms with E-state index in [-0.39, 0.29) is 12.2 Å². The first-order chi connectivity index (χ1) is 11.3. The van der Waals surface area contributed by atoms with Crippen molar-refractivity contribution in [3.8, 4) is 5.75 Å². The number of benzene rings is 2. The van der Waals surface area contributed by atoms with E-state index in [1.165, 1.54) is 0 Å². The molecule has 0 saturated carbocycles. The summed E-state index contributed by atoms with van der Waals surface area (Å²) < 4.78 is 11.6. The number of anilines is 1. The van der Waals surface area contributed by atoms with Crippen molar-refractivity contribution in [2.45, 2.75) is 38.9 Å². The Morgan fingerprint density at radius 1 is 1.17 bits per heavy atom. The van der Waals surface area contributed by atoms with E-state index < -0.39 is 5.60 Å². The molecule has 0 aliphatic carbocycles. The average Bonchev–Trinajstić information content (AvgIpc) is 2.98. The molecule has 1 atom stereocenters. The molecule has 24 heavy (non-hydrogen) atoms. The average molecular weight is 328 g/mol. The number of carbonyl (C=O) groups excluding carboxylic acids is 1. The van der Waals surface area contributed by atoms with Crippen molar-refractivity contribution in [2.75, 3.05) is 18.8 Å². The largest absolute Gasteiger partial charge is 0.488 e. The van der Waals surface area contributed by atoms with Crippen LogP contribution in [0.4, 0.5) is 10.5 Å². The predicted molar refractivity (Wildman–Crippen MR) is 95.2 cm³/mol. The molecule has 1 aliphatic heterocycles. The fourth-order valence-corrected chi connectivity index (χ4v) is 2.89. The number of nitrogen functional groups attached to an aromatic ring is 1. The van der Waals surface area contributed by atoms with E-state index >= 15 is 0 Å². The highest BCUT2D eigenvalue weighted by molar-refractivity contribution is 5.97. The normalized spacial score (nSPS) is 18.0. The number of nitrogens with two attached hydrogens (primary N) is 1. The summed E-state index contributed by atoms with van der Waals surface area (Å²) in [7, 11) is 0.